The lowest BCUT2D eigenvalue weighted by atomic mass is 10.2. The lowest BCUT2D eigenvalue weighted by Crippen LogP contribution is -1.98. The first-order chi connectivity index (χ1) is 10.0. The molecule has 0 aliphatic rings. The number of hydrogen-bond donors (Lipinski definition) is 1. The fourth-order valence-corrected chi connectivity index (χ4v) is 1.49. The number of pyridine rings is 1. The fraction of sp³-hybridized carbons (Fsp3) is 0. The van der Waals surface area contributed by atoms with Crippen LogP contribution in [-0.2, 0) is 0 Å². The topological polar surface area (TPSA) is 126 Å². The summed E-state index contributed by atoms with van der Waals surface area (Å²) in [6, 6.07) is 8.10. The third-order valence-electron chi connectivity index (χ3n) is 2.47. The van der Waals surface area contributed by atoms with Crippen molar-refractivity contribution in [1.82, 2.24) is 4.98 Å². The van der Waals surface area contributed by atoms with Gasteiger partial charge in [0.2, 0.25) is 0 Å². The van der Waals surface area contributed by atoms with Crippen LogP contribution < -0.4 is 4.74 Å². The molecule has 8 heteroatoms. The molecule has 0 spiro atoms. The number of nitro groups is 1. The fourth-order valence-electron chi connectivity index (χ4n) is 1.49. The summed E-state index contributed by atoms with van der Waals surface area (Å²) in [6.07, 6.45) is 1.15. The van der Waals surface area contributed by atoms with Crippen molar-refractivity contribution in [2.75, 3.05) is 0 Å². The predicted octanol–water partition coefficient (Wildman–Crippen LogP) is 2.35. The van der Waals surface area contributed by atoms with Crippen LogP contribution in [0.1, 0.15) is 15.9 Å². The number of ether oxygens (including phenoxy) is 1. The summed E-state index contributed by atoms with van der Waals surface area (Å²) in [6.45, 7) is 0. The van der Waals surface area contributed by atoms with Gasteiger partial charge in [0.1, 0.15) is 11.8 Å². The van der Waals surface area contributed by atoms with Crippen molar-refractivity contribution in [3.63, 3.8) is 0 Å². The van der Waals surface area contributed by atoms with Gasteiger partial charge in [0, 0.05) is 12.3 Å². The number of nitriles is 1. The maximum atomic E-state index is 10.9. The van der Waals surface area contributed by atoms with Crippen LogP contribution in [0.2, 0.25) is 0 Å². The molecule has 0 atom stereocenters. The molecule has 104 valence electrons. The van der Waals surface area contributed by atoms with Gasteiger partial charge < -0.3 is 9.84 Å². The Morgan fingerprint density at radius 2 is 2.05 bits per heavy atom. The highest BCUT2D eigenvalue weighted by molar-refractivity contribution is 5.87. The van der Waals surface area contributed by atoms with Crippen LogP contribution in [0.15, 0.2) is 36.5 Å². The zero-order chi connectivity index (χ0) is 15.4. The van der Waals surface area contributed by atoms with E-state index in [1.807, 2.05) is 0 Å². The highest BCUT2D eigenvalue weighted by Crippen LogP contribution is 2.29. The summed E-state index contributed by atoms with van der Waals surface area (Å²) in [4.78, 5) is 24.6. The van der Waals surface area contributed by atoms with E-state index < -0.39 is 16.6 Å². The van der Waals surface area contributed by atoms with Gasteiger partial charge in [-0.1, -0.05) is 0 Å². The molecule has 0 aliphatic carbocycles. The summed E-state index contributed by atoms with van der Waals surface area (Å²) >= 11 is 0. The third-order valence-corrected chi connectivity index (χ3v) is 2.47. The van der Waals surface area contributed by atoms with Gasteiger partial charge in [-0.15, -0.1) is 0 Å². The molecular formula is C13H7N3O5. The molecule has 1 heterocycles. The quantitative estimate of drug-likeness (QED) is 0.674. The molecular weight excluding hydrogens is 278 g/mol. The Kier molecular flexibility index (Phi) is 3.76. The second kappa shape index (κ2) is 5.66. The first-order valence-corrected chi connectivity index (χ1v) is 5.57. The van der Waals surface area contributed by atoms with E-state index in [2.05, 4.69) is 4.98 Å². The molecule has 0 aliphatic heterocycles. The molecule has 21 heavy (non-hydrogen) atoms. The van der Waals surface area contributed by atoms with Crippen molar-refractivity contribution < 1.29 is 19.6 Å². The predicted molar refractivity (Wildman–Crippen MR) is 69.1 cm³/mol. The van der Waals surface area contributed by atoms with Gasteiger partial charge in [-0.25, -0.2) is 9.78 Å². The Labute approximate surface area is 118 Å². The molecule has 0 bridgehead atoms. The third kappa shape index (κ3) is 3.10. The largest absolute Gasteiger partial charge is 0.478 e. The number of hydrogen-bond acceptors (Lipinski definition) is 6. The number of carboxylic acids is 1. The van der Waals surface area contributed by atoms with E-state index in [1.165, 1.54) is 24.3 Å². The van der Waals surface area contributed by atoms with Crippen molar-refractivity contribution >= 4 is 11.7 Å². The molecule has 0 saturated heterocycles. The van der Waals surface area contributed by atoms with Crippen molar-refractivity contribution in [2.45, 2.75) is 0 Å². The smallest absolute Gasteiger partial charge is 0.335 e. The van der Waals surface area contributed by atoms with Crippen LogP contribution in [0.25, 0.3) is 0 Å². The highest BCUT2D eigenvalue weighted by Gasteiger charge is 2.19. The van der Waals surface area contributed by atoms with Crippen molar-refractivity contribution in [3.05, 3.63) is 57.8 Å². The van der Waals surface area contributed by atoms with E-state index in [-0.39, 0.29) is 22.8 Å². The average Bonchev–Trinajstić information content (AvgIpc) is 2.48. The Morgan fingerprint density at radius 3 is 2.57 bits per heavy atom. The van der Waals surface area contributed by atoms with Gasteiger partial charge >= 0.3 is 11.7 Å². The van der Waals surface area contributed by atoms with Crippen molar-refractivity contribution in [1.29, 1.82) is 5.26 Å². The minimum absolute atomic E-state index is 0.0373. The van der Waals surface area contributed by atoms with E-state index in [9.17, 15) is 14.9 Å². The minimum Gasteiger partial charge on any atom is -0.478 e. The Bertz CT molecular complexity index is 749. The van der Waals surface area contributed by atoms with Gasteiger partial charge in [-0.3, -0.25) is 10.1 Å². The Morgan fingerprint density at radius 1 is 1.38 bits per heavy atom. The number of nitrogens with zero attached hydrogens (tertiary/aromatic N) is 3. The SMILES string of the molecule is N#Cc1cnc(Oc2ccc(C(=O)O)cc2)c([N+](=O)[O-])c1. The van der Waals surface area contributed by atoms with Gasteiger partial charge in [-0.2, -0.15) is 5.26 Å². The number of benzene rings is 1. The molecule has 0 saturated carbocycles. The van der Waals surface area contributed by atoms with Gasteiger partial charge in [0.25, 0.3) is 5.88 Å². The van der Waals surface area contributed by atoms with E-state index in [0.29, 0.717) is 0 Å². The molecule has 2 aromatic rings. The van der Waals surface area contributed by atoms with E-state index in [0.717, 1.165) is 12.3 Å². The van der Waals surface area contributed by atoms with Gasteiger partial charge in [0.15, 0.2) is 0 Å². The number of carbonyl (C=O) groups is 1. The second-order valence-electron chi connectivity index (χ2n) is 3.85. The summed E-state index contributed by atoms with van der Waals surface area (Å²) in [5.41, 5.74) is -0.351. The standard InChI is InChI=1S/C13H7N3O5/c14-6-8-5-11(16(19)20)12(15-7-8)21-10-3-1-9(2-4-10)13(17)18/h1-5,7H,(H,17,18). The molecule has 0 radical (unpaired) electrons. The first kappa shape index (κ1) is 14.0. The van der Waals surface area contributed by atoms with Crippen LogP contribution in [0.4, 0.5) is 5.69 Å². The van der Waals surface area contributed by atoms with Gasteiger partial charge in [-0.05, 0) is 24.3 Å². The van der Waals surface area contributed by atoms with Crippen molar-refractivity contribution in [3.8, 4) is 17.7 Å². The van der Waals surface area contributed by atoms with Crippen molar-refractivity contribution in [2.24, 2.45) is 0 Å². The van der Waals surface area contributed by atoms with E-state index in [1.54, 1.807) is 6.07 Å². The summed E-state index contributed by atoms with van der Waals surface area (Å²) in [7, 11) is 0. The molecule has 8 nitrogen and oxygen atoms in total. The lowest BCUT2D eigenvalue weighted by molar-refractivity contribution is -0.386. The molecule has 1 aromatic carbocycles. The Hall–Kier alpha value is -3.47. The minimum atomic E-state index is -1.09. The molecule has 1 N–H and O–H groups in total. The molecule has 2 rings (SSSR count). The van der Waals surface area contributed by atoms with E-state index in [4.69, 9.17) is 15.1 Å². The Balaban J connectivity index is 2.33. The lowest BCUT2D eigenvalue weighted by Gasteiger charge is -2.05. The number of carboxylic acid groups (broad SMARTS) is 1. The molecule has 0 amide bonds. The number of aromatic nitrogens is 1. The molecule has 1 aromatic heterocycles. The second-order valence-corrected chi connectivity index (χ2v) is 3.85. The molecule has 0 fully saturated rings. The summed E-state index contributed by atoms with van der Waals surface area (Å²) in [5.74, 6) is -1.17. The number of aromatic carboxylic acids is 1. The average molecular weight is 285 g/mol. The monoisotopic (exact) mass is 285 g/mol. The van der Waals surface area contributed by atoms with Crippen LogP contribution in [-0.4, -0.2) is 21.0 Å². The van der Waals surface area contributed by atoms with Crippen LogP contribution in [0, 0.1) is 21.4 Å². The summed E-state index contributed by atoms with van der Waals surface area (Å²) < 4.78 is 5.25. The zero-order valence-electron chi connectivity index (χ0n) is 10.4. The van der Waals surface area contributed by atoms with Gasteiger partial charge in [0.05, 0.1) is 16.1 Å². The van der Waals surface area contributed by atoms with E-state index >= 15 is 0 Å². The zero-order valence-corrected chi connectivity index (χ0v) is 10.4. The maximum absolute atomic E-state index is 10.9. The normalized spacial score (nSPS) is 9.67. The van der Waals surface area contributed by atoms with Crippen LogP contribution in [0.3, 0.4) is 0 Å². The first-order valence-electron chi connectivity index (χ1n) is 5.57. The molecule has 0 unspecified atom stereocenters. The van der Waals surface area contributed by atoms with Crippen LogP contribution in [0.5, 0.6) is 11.6 Å². The maximum Gasteiger partial charge on any atom is 0.335 e. The highest BCUT2D eigenvalue weighted by atomic mass is 16.6. The number of rotatable bonds is 4. The van der Waals surface area contributed by atoms with Crippen LogP contribution >= 0.6 is 0 Å². The summed E-state index contributed by atoms with van der Waals surface area (Å²) in [5, 5.41) is 28.4.